The van der Waals surface area contributed by atoms with Gasteiger partial charge in [-0.25, -0.2) is 4.98 Å². The SMILES string of the molecule is O=C1/C(=C\c2cc3ccccc3nc2N2CCOCC2)Cc2c(O)cccc21. The van der Waals surface area contributed by atoms with Crippen LogP contribution in [0.25, 0.3) is 17.0 Å². The number of phenols is 1. The number of nitrogens with zero attached hydrogens (tertiary/aromatic N) is 2. The third-order valence-electron chi connectivity index (χ3n) is 5.43. The monoisotopic (exact) mass is 372 g/mol. The number of Topliss-reactive ketones (excluding diaryl/α,β-unsaturated/α-hetero) is 1. The van der Waals surface area contributed by atoms with Crippen molar-refractivity contribution in [1.29, 1.82) is 0 Å². The number of aromatic hydroxyl groups is 1. The highest BCUT2D eigenvalue weighted by Gasteiger charge is 2.27. The highest BCUT2D eigenvalue weighted by molar-refractivity contribution is 6.16. The minimum Gasteiger partial charge on any atom is -0.508 e. The van der Waals surface area contributed by atoms with E-state index >= 15 is 0 Å². The molecule has 5 rings (SSSR count). The van der Waals surface area contributed by atoms with Crippen LogP contribution in [-0.2, 0) is 11.2 Å². The number of pyridine rings is 1. The number of phenolic OH excluding ortho intramolecular Hbond substituents is 1. The van der Waals surface area contributed by atoms with Crippen LogP contribution in [-0.4, -0.2) is 42.2 Å². The normalized spacial score (nSPS) is 18.1. The minimum atomic E-state index is -0.0213. The number of allylic oxidation sites excluding steroid dienone is 1. The summed E-state index contributed by atoms with van der Waals surface area (Å²) in [6.45, 7) is 2.89. The summed E-state index contributed by atoms with van der Waals surface area (Å²) in [7, 11) is 0. The standard InChI is InChI=1S/C23H20N2O3/c26-21-7-3-5-18-19(21)14-16(22(18)27)13-17-12-15-4-1-2-6-20(15)24-23(17)25-8-10-28-11-9-25/h1-7,12-13,26H,8-11,14H2/b16-13-. The van der Waals surface area contributed by atoms with Crippen LogP contribution in [0, 0.1) is 0 Å². The van der Waals surface area contributed by atoms with Crippen LogP contribution in [0.4, 0.5) is 5.82 Å². The number of ketones is 1. The van der Waals surface area contributed by atoms with Crippen LogP contribution in [0.15, 0.2) is 54.1 Å². The summed E-state index contributed by atoms with van der Waals surface area (Å²) in [6.07, 6.45) is 2.38. The van der Waals surface area contributed by atoms with Gasteiger partial charge in [0.1, 0.15) is 11.6 Å². The Hall–Kier alpha value is -3.18. The average molecular weight is 372 g/mol. The summed E-state index contributed by atoms with van der Waals surface area (Å²) in [6, 6.07) is 15.2. The first-order chi connectivity index (χ1) is 13.7. The number of carbonyl (C=O) groups is 1. The van der Waals surface area contributed by atoms with Crippen molar-refractivity contribution >= 4 is 28.6 Å². The molecule has 2 heterocycles. The maximum Gasteiger partial charge on any atom is 0.189 e. The van der Waals surface area contributed by atoms with Gasteiger partial charge in [-0.1, -0.05) is 30.3 Å². The van der Waals surface area contributed by atoms with E-state index in [-0.39, 0.29) is 11.5 Å². The molecule has 1 aliphatic carbocycles. The van der Waals surface area contributed by atoms with Gasteiger partial charge in [0.15, 0.2) is 5.78 Å². The third-order valence-corrected chi connectivity index (χ3v) is 5.43. The van der Waals surface area contributed by atoms with Crippen molar-refractivity contribution in [3.63, 3.8) is 0 Å². The van der Waals surface area contributed by atoms with Crippen LogP contribution >= 0.6 is 0 Å². The second-order valence-electron chi connectivity index (χ2n) is 7.17. The first-order valence-corrected chi connectivity index (χ1v) is 9.49. The van der Waals surface area contributed by atoms with E-state index < -0.39 is 0 Å². The Morgan fingerprint density at radius 2 is 1.89 bits per heavy atom. The second-order valence-corrected chi connectivity index (χ2v) is 7.17. The Balaban J connectivity index is 1.63. The molecule has 3 aromatic rings. The van der Waals surface area contributed by atoms with Crippen LogP contribution < -0.4 is 4.90 Å². The molecule has 0 bridgehead atoms. The van der Waals surface area contributed by atoms with E-state index in [9.17, 15) is 9.90 Å². The van der Waals surface area contributed by atoms with Gasteiger partial charge in [-0.3, -0.25) is 4.79 Å². The molecule has 2 aliphatic rings. The summed E-state index contributed by atoms with van der Waals surface area (Å²) in [5.74, 6) is 1.04. The number of aromatic nitrogens is 1. The van der Waals surface area contributed by atoms with Crippen LogP contribution in [0.2, 0.25) is 0 Å². The van der Waals surface area contributed by atoms with Gasteiger partial charge in [0, 0.05) is 47.2 Å². The fourth-order valence-electron chi connectivity index (χ4n) is 3.98. The molecule has 5 nitrogen and oxygen atoms in total. The van der Waals surface area contributed by atoms with Crippen molar-refractivity contribution < 1.29 is 14.6 Å². The number of benzene rings is 2. The molecule has 1 fully saturated rings. The zero-order chi connectivity index (χ0) is 19.1. The molecule has 28 heavy (non-hydrogen) atoms. The molecule has 0 radical (unpaired) electrons. The van der Waals surface area contributed by atoms with Gasteiger partial charge in [0.25, 0.3) is 0 Å². The Kier molecular flexibility index (Phi) is 4.10. The second kappa shape index (κ2) is 6.77. The lowest BCUT2D eigenvalue weighted by Gasteiger charge is -2.29. The van der Waals surface area contributed by atoms with E-state index in [1.165, 1.54) is 0 Å². The number of morpholine rings is 1. The van der Waals surface area contributed by atoms with Gasteiger partial charge in [-0.05, 0) is 24.3 Å². The number of carbonyl (C=O) groups excluding carboxylic acids is 1. The van der Waals surface area contributed by atoms with Crippen molar-refractivity contribution in [2.45, 2.75) is 6.42 Å². The van der Waals surface area contributed by atoms with Crippen molar-refractivity contribution in [3.8, 4) is 5.75 Å². The fourth-order valence-corrected chi connectivity index (χ4v) is 3.98. The third kappa shape index (κ3) is 2.84. The average Bonchev–Trinajstić information content (AvgIpc) is 3.05. The molecule has 1 N–H and O–H groups in total. The van der Waals surface area contributed by atoms with Crippen LogP contribution in [0.1, 0.15) is 21.5 Å². The number of para-hydroxylation sites is 1. The number of ether oxygens (including phenoxy) is 1. The maximum absolute atomic E-state index is 12.9. The molecule has 0 saturated carbocycles. The van der Waals surface area contributed by atoms with Gasteiger partial charge in [-0.2, -0.15) is 0 Å². The van der Waals surface area contributed by atoms with Crippen LogP contribution in [0.5, 0.6) is 5.75 Å². The molecule has 0 amide bonds. The van der Waals surface area contributed by atoms with Gasteiger partial charge in [-0.15, -0.1) is 0 Å². The molecule has 0 spiro atoms. The number of rotatable bonds is 2. The Bertz CT molecular complexity index is 1110. The van der Waals surface area contributed by atoms with E-state index in [1.807, 2.05) is 30.3 Å². The number of fused-ring (bicyclic) bond motifs is 2. The Morgan fingerprint density at radius 1 is 1.07 bits per heavy atom. The minimum absolute atomic E-state index is 0.0213. The zero-order valence-corrected chi connectivity index (χ0v) is 15.4. The number of anilines is 1. The Labute approximate surface area is 162 Å². The summed E-state index contributed by atoms with van der Waals surface area (Å²) in [4.78, 5) is 20.0. The topological polar surface area (TPSA) is 62.7 Å². The van der Waals surface area contributed by atoms with E-state index in [0.717, 1.165) is 35.4 Å². The lowest BCUT2D eigenvalue weighted by atomic mass is 10.1. The molecule has 0 atom stereocenters. The van der Waals surface area contributed by atoms with Crippen molar-refractivity contribution in [1.82, 2.24) is 4.98 Å². The molecule has 1 aromatic heterocycles. The maximum atomic E-state index is 12.9. The van der Waals surface area contributed by atoms with E-state index in [0.29, 0.717) is 36.3 Å². The van der Waals surface area contributed by atoms with E-state index in [2.05, 4.69) is 11.0 Å². The summed E-state index contributed by atoms with van der Waals surface area (Å²) in [5.41, 5.74) is 3.84. The lowest BCUT2D eigenvalue weighted by Crippen LogP contribution is -2.37. The van der Waals surface area contributed by atoms with Gasteiger partial charge in [0.2, 0.25) is 0 Å². The summed E-state index contributed by atoms with van der Waals surface area (Å²) < 4.78 is 5.49. The highest BCUT2D eigenvalue weighted by atomic mass is 16.5. The lowest BCUT2D eigenvalue weighted by molar-refractivity contribution is 0.104. The molecule has 2 aromatic carbocycles. The van der Waals surface area contributed by atoms with Gasteiger partial charge >= 0.3 is 0 Å². The fraction of sp³-hybridized carbons (Fsp3) is 0.217. The molecular weight excluding hydrogens is 352 g/mol. The number of hydrogen-bond donors (Lipinski definition) is 1. The molecular formula is C23H20N2O3. The molecule has 5 heteroatoms. The predicted molar refractivity (Wildman–Crippen MR) is 109 cm³/mol. The van der Waals surface area contributed by atoms with Crippen molar-refractivity contribution in [2.24, 2.45) is 0 Å². The van der Waals surface area contributed by atoms with E-state index in [1.54, 1.807) is 18.2 Å². The first-order valence-electron chi connectivity index (χ1n) is 9.49. The summed E-state index contributed by atoms with van der Waals surface area (Å²) in [5, 5.41) is 11.2. The molecule has 1 saturated heterocycles. The van der Waals surface area contributed by atoms with Crippen molar-refractivity contribution in [3.05, 3.63) is 70.8 Å². The molecule has 1 aliphatic heterocycles. The van der Waals surface area contributed by atoms with Crippen molar-refractivity contribution in [2.75, 3.05) is 31.2 Å². The first kappa shape index (κ1) is 17.0. The van der Waals surface area contributed by atoms with Gasteiger partial charge < -0.3 is 14.7 Å². The number of hydrogen-bond acceptors (Lipinski definition) is 5. The van der Waals surface area contributed by atoms with E-state index in [4.69, 9.17) is 9.72 Å². The smallest absolute Gasteiger partial charge is 0.189 e. The zero-order valence-electron chi connectivity index (χ0n) is 15.4. The quantitative estimate of drug-likeness (QED) is 0.697. The predicted octanol–water partition coefficient (Wildman–Crippen LogP) is 3.60. The van der Waals surface area contributed by atoms with Crippen LogP contribution in [0.3, 0.4) is 0 Å². The summed E-state index contributed by atoms with van der Waals surface area (Å²) >= 11 is 0. The van der Waals surface area contributed by atoms with Gasteiger partial charge in [0.05, 0.1) is 18.7 Å². The molecule has 140 valence electrons. The molecule has 0 unspecified atom stereocenters. The highest BCUT2D eigenvalue weighted by Crippen LogP contribution is 2.35. The largest absolute Gasteiger partial charge is 0.508 e. The Morgan fingerprint density at radius 3 is 2.71 bits per heavy atom.